The van der Waals surface area contributed by atoms with E-state index in [0.717, 1.165) is 5.56 Å². The molecule has 0 spiro atoms. The molecule has 0 saturated heterocycles. The van der Waals surface area contributed by atoms with E-state index >= 15 is 0 Å². The molecule has 3 N–H and O–H groups in total. The Morgan fingerprint density at radius 1 is 1.53 bits per heavy atom. The number of carboxylic acids is 1. The average molecular weight is 203 g/mol. The van der Waals surface area contributed by atoms with Crippen molar-refractivity contribution < 1.29 is 9.90 Å². The van der Waals surface area contributed by atoms with Crippen molar-refractivity contribution in [2.45, 2.75) is 13.3 Å². The van der Waals surface area contributed by atoms with Crippen molar-refractivity contribution in [3.05, 3.63) is 34.9 Å². The molecule has 3 nitrogen and oxygen atoms in total. The highest BCUT2D eigenvalue weighted by Gasteiger charge is 2.07. The number of hydrogen-bond donors (Lipinski definition) is 2. The van der Waals surface area contributed by atoms with Crippen LogP contribution < -0.4 is 5.73 Å². The van der Waals surface area contributed by atoms with E-state index in [1.54, 1.807) is 19.1 Å². The maximum Gasteiger partial charge on any atom is 0.335 e. The van der Waals surface area contributed by atoms with Crippen LogP contribution in [0.25, 0.3) is 0 Å². The minimum absolute atomic E-state index is 0.301. The Balaban J connectivity index is 3.06. The first-order valence-corrected chi connectivity index (χ1v) is 4.68. The zero-order valence-corrected chi connectivity index (χ0v) is 8.58. The van der Waals surface area contributed by atoms with E-state index in [4.69, 9.17) is 10.8 Å². The molecular formula is C12H13NO2. The topological polar surface area (TPSA) is 63.3 Å². The highest BCUT2D eigenvalue weighted by atomic mass is 16.4. The first-order valence-electron chi connectivity index (χ1n) is 4.68. The van der Waals surface area contributed by atoms with Crippen LogP contribution in [-0.4, -0.2) is 17.6 Å². The number of rotatable bonds is 2. The average Bonchev–Trinajstić information content (AvgIpc) is 2.20. The first-order chi connectivity index (χ1) is 7.16. The Hall–Kier alpha value is -1.79. The van der Waals surface area contributed by atoms with Gasteiger partial charge in [-0.2, -0.15) is 0 Å². The van der Waals surface area contributed by atoms with Gasteiger partial charge in [0.1, 0.15) is 0 Å². The van der Waals surface area contributed by atoms with Crippen molar-refractivity contribution in [2.75, 3.05) is 6.54 Å². The van der Waals surface area contributed by atoms with E-state index < -0.39 is 5.97 Å². The summed E-state index contributed by atoms with van der Waals surface area (Å²) in [7, 11) is 0. The van der Waals surface area contributed by atoms with Crippen molar-refractivity contribution in [2.24, 2.45) is 5.73 Å². The molecule has 3 heteroatoms. The van der Waals surface area contributed by atoms with Crippen LogP contribution in [0.15, 0.2) is 18.2 Å². The minimum atomic E-state index is -0.921. The van der Waals surface area contributed by atoms with Gasteiger partial charge in [0.15, 0.2) is 0 Å². The van der Waals surface area contributed by atoms with Crippen LogP contribution in [0.5, 0.6) is 0 Å². The Morgan fingerprint density at radius 3 is 2.87 bits per heavy atom. The van der Waals surface area contributed by atoms with Gasteiger partial charge in [-0.1, -0.05) is 17.9 Å². The zero-order chi connectivity index (χ0) is 11.3. The summed E-state index contributed by atoms with van der Waals surface area (Å²) in [5, 5.41) is 8.89. The van der Waals surface area contributed by atoms with Crippen molar-refractivity contribution >= 4 is 5.97 Å². The molecule has 78 valence electrons. The molecule has 0 aliphatic carbocycles. The van der Waals surface area contributed by atoms with Crippen molar-refractivity contribution in [1.29, 1.82) is 0 Å². The molecule has 0 unspecified atom stereocenters. The molecule has 0 bridgehead atoms. The lowest BCUT2D eigenvalue weighted by molar-refractivity contribution is 0.0696. The molecule has 1 rings (SSSR count). The molecule has 0 aromatic heterocycles. The molecule has 0 aliphatic heterocycles. The van der Waals surface area contributed by atoms with Gasteiger partial charge in [0.25, 0.3) is 0 Å². The Bertz CT molecular complexity index is 427. The molecule has 0 radical (unpaired) electrons. The predicted molar refractivity (Wildman–Crippen MR) is 58.7 cm³/mol. The number of benzene rings is 1. The van der Waals surface area contributed by atoms with Crippen molar-refractivity contribution in [3.63, 3.8) is 0 Å². The maximum atomic E-state index is 10.8. The van der Waals surface area contributed by atoms with E-state index in [1.165, 1.54) is 0 Å². The van der Waals surface area contributed by atoms with Gasteiger partial charge in [-0.05, 0) is 24.6 Å². The predicted octanol–water partition coefficient (Wildman–Crippen LogP) is 1.39. The number of carbonyl (C=O) groups is 1. The first kappa shape index (κ1) is 11.3. The normalized spacial score (nSPS) is 9.20. The minimum Gasteiger partial charge on any atom is -0.478 e. The van der Waals surface area contributed by atoms with Crippen molar-refractivity contribution in [3.8, 4) is 11.8 Å². The smallest absolute Gasteiger partial charge is 0.335 e. The van der Waals surface area contributed by atoms with E-state index in [2.05, 4.69) is 11.8 Å². The highest BCUT2D eigenvalue weighted by Crippen LogP contribution is 2.12. The third-order valence-corrected chi connectivity index (χ3v) is 2.06. The SMILES string of the molecule is Cc1c(C#CCCN)cccc1C(=O)O. The fourth-order valence-electron chi connectivity index (χ4n) is 1.23. The van der Waals surface area contributed by atoms with Gasteiger partial charge in [-0.25, -0.2) is 4.79 Å². The lowest BCUT2D eigenvalue weighted by Crippen LogP contribution is -2.01. The van der Waals surface area contributed by atoms with Gasteiger partial charge in [0, 0.05) is 18.5 Å². The Labute approximate surface area is 88.9 Å². The Morgan fingerprint density at radius 2 is 2.27 bits per heavy atom. The van der Waals surface area contributed by atoms with Crippen LogP contribution in [0, 0.1) is 18.8 Å². The van der Waals surface area contributed by atoms with Gasteiger partial charge >= 0.3 is 5.97 Å². The van der Waals surface area contributed by atoms with E-state index in [-0.39, 0.29) is 0 Å². The highest BCUT2D eigenvalue weighted by molar-refractivity contribution is 5.90. The quantitative estimate of drug-likeness (QED) is 0.714. The largest absolute Gasteiger partial charge is 0.478 e. The summed E-state index contributed by atoms with van der Waals surface area (Å²) in [6, 6.07) is 5.08. The summed E-state index contributed by atoms with van der Waals surface area (Å²) in [4.78, 5) is 10.8. The molecule has 1 aromatic rings. The number of hydrogen-bond acceptors (Lipinski definition) is 2. The molecule has 1 aromatic carbocycles. The molecule has 0 fully saturated rings. The molecule has 0 heterocycles. The molecule has 15 heavy (non-hydrogen) atoms. The van der Waals surface area contributed by atoms with Gasteiger partial charge in [-0.3, -0.25) is 0 Å². The molecule has 0 atom stereocenters. The summed E-state index contributed by atoms with van der Waals surface area (Å²) in [5.74, 6) is 4.88. The zero-order valence-electron chi connectivity index (χ0n) is 8.58. The van der Waals surface area contributed by atoms with E-state index in [0.29, 0.717) is 24.1 Å². The fraction of sp³-hybridized carbons (Fsp3) is 0.250. The second-order valence-electron chi connectivity index (χ2n) is 3.12. The standard InChI is InChI=1S/C12H13NO2/c1-9-10(5-2-3-8-13)6-4-7-11(9)12(14)15/h4,6-7H,3,8,13H2,1H3,(H,14,15). The summed E-state index contributed by atoms with van der Waals surface area (Å²) in [6.45, 7) is 2.28. The number of aromatic carboxylic acids is 1. The van der Waals surface area contributed by atoms with Crippen LogP contribution in [0.1, 0.15) is 27.9 Å². The molecule has 0 amide bonds. The lowest BCUT2D eigenvalue weighted by Gasteiger charge is -2.02. The van der Waals surface area contributed by atoms with Crippen LogP contribution in [-0.2, 0) is 0 Å². The summed E-state index contributed by atoms with van der Waals surface area (Å²) in [6.07, 6.45) is 0.622. The molecule has 0 aliphatic rings. The van der Waals surface area contributed by atoms with Crippen LogP contribution in [0.3, 0.4) is 0 Å². The van der Waals surface area contributed by atoms with E-state index in [9.17, 15) is 4.79 Å². The number of nitrogens with two attached hydrogens (primary N) is 1. The summed E-state index contributed by atoms with van der Waals surface area (Å²) in [5.41, 5.74) is 7.07. The second kappa shape index (κ2) is 5.18. The third-order valence-electron chi connectivity index (χ3n) is 2.06. The van der Waals surface area contributed by atoms with Gasteiger partial charge in [0.05, 0.1) is 5.56 Å². The lowest BCUT2D eigenvalue weighted by atomic mass is 10.0. The maximum absolute atomic E-state index is 10.8. The van der Waals surface area contributed by atoms with Crippen molar-refractivity contribution in [1.82, 2.24) is 0 Å². The fourth-order valence-corrected chi connectivity index (χ4v) is 1.23. The monoisotopic (exact) mass is 203 g/mol. The third kappa shape index (κ3) is 2.83. The molecule has 0 saturated carbocycles. The van der Waals surface area contributed by atoms with Gasteiger partial charge < -0.3 is 10.8 Å². The van der Waals surface area contributed by atoms with Gasteiger partial charge in [0.2, 0.25) is 0 Å². The van der Waals surface area contributed by atoms with Crippen LogP contribution in [0.2, 0.25) is 0 Å². The Kier molecular flexibility index (Phi) is 3.90. The van der Waals surface area contributed by atoms with Crippen LogP contribution in [0.4, 0.5) is 0 Å². The number of carboxylic acid groups (broad SMARTS) is 1. The van der Waals surface area contributed by atoms with E-state index in [1.807, 2.05) is 6.07 Å². The second-order valence-corrected chi connectivity index (χ2v) is 3.12. The summed E-state index contributed by atoms with van der Waals surface area (Å²) < 4.78 is 0. The van der Waals surface area contributed by atoms with Crippen LogP contribution >= 0.6 is 0 Å². The molecular weight excluding hydrogens is 190 g/mol. The van der Waals surface area contributed by atoms with Gasteiger partial charge in [-0.15, -0.1) is 0 Å². The summed E-state index contributed by atoms with van der Waals surface area (Å²) >= 11 is 0.